The van der Waals surface area contributed by atoms with Crippen molar-refractivity contribution in [3.8, 4) is 11.5 Å². The van der Waals surface area contributed by atoms with Crippen LogP contribution in [-0.2, 0) is 5.41 Å². The molecule has 1 heterocycles. The third-order valence-corrected chi connectivity index (χ3v) is 13.8. The molecule has 2 atom stereocenters. The summed E-state index contributed by atoms with van der Waals surface area (Å²) in [5.74, 6) is 2.07. The molecule has 45 heavy (non-hydrogen) atoms. The Labute approximate surface area is 274 Å². The highest BCUT2D eigenvalue weighted by Gasteiger charge is 2.39. The van der Waals surface area contributed by atoms with Crippen LogP contribution in [0.2, 0.25) is 0 Å². The molecule has 0 saturated carbocycles. The molecule has 1 nitrogen and oxygen atoms in total. The Kier molecular flexibility index (Phi) is 11.1. The van der Waals surface area contributed by atoms with Crippen LogP contribution in [0.3, 0.4) is 0 Å². The van der Waals surface area contributed by atoms with E-state index >= 15 is 0 Å². The van der Waals surface area contributed by atoms with Crippen LogP contribution < -0.4 is 26.0 Å². The third kappa shape index (κ3) is 7.02. The monoisotopic (exact) mass is 628 g/mol. The molecule has 0 saturated heterocycles. The fraction of sp³-hybridized carbons (Fsp3) is 0.238. The summed E-state index contributed by atoms with van der Waals surface area (Å²) in [4.78, 5) is 0. The summed E-state index contributed by atoms with van der Waals surface area (Å²) in [6, 6.07) is 35.6. The van der Waals surface area contributed by atoms with E-state index in [9.17, 15) is 0 Å². The van der Waals surface area contributed by atoms with Crippen molar-refractivity contribution in [2.24, 2.45) is 0 Å². The summed E-state index contributed by atoms with van der Waals surface area (Å²) < 4.78 is 7.32. The van der Waals surface area contributed by atoms with Crippen molar-refractivity contribution in [3.63, 3.8) is 0 Å². The number of allylic oxidation sites excluding steroid dienone is 8. The highest BCUT2D eigenvalue weighted by molar-refractivity contribution is 7.80. The lowest BCUT2D eigenvalue weighted by Crippen LogP contribution is -2.32. The molecule has 5 rings (SSSR count). The van der Waals surface area contributed by atoms with Crippen LogP contribution in [0.25, 0.3) is 0 Å². The molecule has 0 aromatic heterocycles. The maximum absolute atomic E-state index is 7.32. The minimum Gasteiger partial charge on any atom is -0.455 e. The van der Waals surface area contributed by atoms with Gasteiger partial charge in [0.05, 0.1) is 0 Å². The SMILES string of the molecule is C/C=C\C/C=C\C(C)P(C(/C=C\CC)=C/C)c1cccc2c1Oc1c(P(c3ccccc3)c3ccccc3)cccc1C2(C)C. The zero-order chi connectivity index (χ0) is 31.8. The van der Waals surface area contributed by atoms with E-state index in [2.05, 4.69) is 181 Å². The van der Waals surface area contributed by atoms with Crippen molar-refractivity contribution in [1.29, 1.82) is 0 Å². The molecule has 2 unspecified atom stereocenters. The molecule has 4 aromatic rings. The molecule has 0 aliphatic carbocycles. The maximum atomic E-state index is 7.32. The molecule has 230 valence electrons. The van der Waals surface area contributed by atoms with Gasteiger partial charge in [0.1, 0.15) is 11.5 Å². The Balaban J connectivity index is 1.71. The number of ether oxygens (including phenoxy) is 1. The standard InChI is InChI=1S/C42H46OP2/c1-7-10-12-15-22-32(4)44(33(9-3)23-11-8-2)38-30-20-28-36-40(38)43-41-37(42(36,5)6)29-21-31-39(41)45(34-24-16-13-17-25-34)35-26-18-14-19-27-35/h7,9-11,13-32H,8,12H2,1-6H3/b10-7-,22-15-,23-11-,33-9+. The van der Waals surface area contributed by atoms with Crippen molar-refractivity contribution in [2.45, 2.75) is 65.5 Å². The highest BCUT2D eigenvalue weighted by atomic mass is 31.1. The zero-order valence-electron chi connectivity index (χ0n) is 27.6. The number of rotatable bonds is 11. The Bertz CT molecular complexity index is 1660. The Morgan fingerprint density at radius 1 is 0.733 bits per heavy atom. The molecule has 0 fully saturated rings. The maximum Gasteiger partial charge on any atom is 0.139 e. The van der Waals surface area contributed by atoms with E-state index in [0.29, 0.717) is 5.66 Å². The van der Waals surface area contributed by atoms with Crippen LogP contribution >= 0.6 is 15.8 Å². The smallest absolute Gasteiger partial charge is 0.139 e. The Morgan fingerprint density at radius 3 is 1.87 bits per heavy atom. The van der Waals surface area contributed by atoms with E-state index in [1.807, 2.05) is 0 Å². The first-order valence-electron chi connectivity index (χ1n) is 16.2. The summed E-state index contributed by atoms with van der Waals surface area (Å²) >= 11 is 0. The van der Waals surface area contributed by atoms with Crippen molar-refractivity contribution < 1.29 is 4.74 Å². The predicted octanol–water partition coefficient (Wildman–Crippen LogP) is 10.8. The van der Waals surface area contributed by atoms with Crippen LogP contribution in [0.4, 0.5) is 0 Å². The lowest BCUT2D eigenvalue weighted by molar-refractivity contribution is 0.425. The van der Waals surface area contributed by atoms with Gasteiger partial charge in [-0.3, -0.25) is 0 Å². The topological polar surface area (TPSA) is 9.23 Å². The van der Waals surface area contributed by atoms with E-state index in [1.165, 1.54) is 37.7 Å². The van der Waals surface area contributed by atoms with Crippen LogP contribution in [-0.4, -0.2) is 5.66 Å². The average molecular weight is 629 g/mol. The minimum atomic E-state index is -0.824. The number of hydrogen-bond donors (Lipinski definition) is 0. The molecule has 0 amide bonds. The minimum absolute atomic E-state index is 0.218. The summed E-state index contributed by atoms with van der Waals surface area (Å²) in [5.41, 5.74) is 2.65. The predicted molar refractivity (Wildman–Crippen MR) is 202 cm³/mol. The number of benzene rings is 4. The first kappa shape index (κ1) is 32.9. The van der Waals surface area contributed by atoms with Crippen LogP contribution in [0, 0.1) is 0 Å². The van der Waals surface area contributed by atoms with Gasteiger partial charge in [-0.05, 0) is 58.5 Å². The van der Waals surface area contributed by atoms with Gasteiger partial charge in [0.25, 0.3) is 0 Å². The second-order valence-electron chi connectivity index (χ2n) is 11.9. The second kappa shape index (κ2) is 15.2. The number of fused-ring (bicyclic) bond motifs is 2. The highest BCUT2D eigenvalue weighted by Crippen LogP contribution is 2.56. The van der Waals surface area contributed by atoms with Crippen molar-refractivity contribution >= 4 is 37.1 Å². The molecule has 0 spiro atoms. The summed E-state index contributed by atoms with van der Waals surface area (Å²) in [7, 11) is -1.55. The van der Waals surface area contributed by atoms with Gasteiger partial charge in [-0.15, -0.1) is 0 Å². The van der Waals surface area contributed by atoms with Gasteiger partial charge in [0, 0.05) is 32.8 Å². The fourth-order valence-corrected chi connectivity index (χ4v) is 11.2. The molecule has 0 N–H and O–H groups in total. The molecule has 0 bridgehead atoms. The van der Waals surface area contributed by atoms with E-state index in [1.54, 1.807) is 0 Å². The largest absolute Gasteiger partial charge is 0.455 e. The zero-order valence-corrected chi connectivity index (χ0v) is 29.4. The van der Waals surface area contributed by atoms with E-state index in [4.69, 9.17) is 4.74 Å². The first-order chi connectivity index (χ1) is 21.9. The number of hydrogen-bond acceptors (Lipinski definition) is 1. The van der Waals surface area contributed by atoms with Crippen LogP contribution in [0.5, 0.6) is 11.5 Å². The summed E-state index contributed by atoms with van der Waals surface area (Å²) in [6.07, 6.45) is 18.0. The molecule has 1 aliphatic heterocycles. The average Bonchev–Trinajstić information content (AvgIpc) is 3.06. The molecular formula is C42H46OP2. The van der Waals surface area contributed by atoms with Gasteiger partial charge in [0.2, 0.25) is 0 Å². The van der Waals surface area contributed by atoms with Gasteiger partial charge in [-0.1, -0.05) is 167 Å². The summed E-state index contributed by atoms with van der Waals surface area (Å²) in [5, 5.41) is 6.64. The Hall–Kier alpha value is -3.50. The molecule has 0 radical (unpaired) electrons. The van der Waals surface area contributed by atoms with E-state index in [-0.39, 0.29) is 5.41 Å². The second-order valence-corrected chi connectivity index (χ2v) is 16.6. The van der Waals surface area contributed by atoms with E-state index in [0.717, 1.165) is 24.3 Å². The molecule has 4 aromatic carbocycles. The van der Waals surface area contributed by atoms with Gasteiger partial charge in [0.15, 0.2) is 0 Å². The molecule has 3 heteroatoms. The van der Waals surface area contributed by atoms with Crippen molar-refractivity contribution in [2.75, 3.05) is 0 Å². The number of para-hydroxylation sites is 2. The third-order valence-electron chi connectivity index (χ3n) is 8.50. The van der Waals surface area contributed by atoms with E-state index < -0.39 is 15.8 Å². The first-order valence-corrected chi connectivity index (χ1v) is 18.9. The lowest BCUT2D eigenvalue weighted by Gasteiger charge is -2.39. The summed E-state index contributed by atoms with van der Waals surface area (Å²) in [6.45, 7) is 13.6. The van der Waals surface area contributed by atoms with Crippen LogP contribution in [0.1, 0.15) is 65.5 Å². The quantitative estimate of drug-likeness (QED) is 0.0912. The Morgan fingerprint density at radius 2 is 1.31 bits per heavy atom. The van der Waals surface area contributed by atoms with Crippen molar-refractivity contribution in [1.82, 2.24) is 0 Å². The van der Waals surface area contributed by atoms with Gasteiger partial charge < -0.3 is 4.74 Å². The van der Waals surface area contributed by atoms with Crippen LogP contribution in [0.15, 0.2) is 145 Å². The van der Waals surface area contributed by atoms with Gasteiger partial charge >= 0.3 is 0 Å². The van der Waals surface area contributed by atoms with Crippen molar-refractivity contribution in [3.05, 3.63) is 156 Å². The molecule has 1 aliphatic rings. The fourth-order valence-electron chi connectivity index (χ4n) is 6.17. The van der Waals surface area contributed by atoms with Gasteiger partial charge in [-0.2, -0.15) is 0 Å². The lowest BCUT2D eigenvalue weighted by atomic mass is 9.76. The molecular weight excluding hydrogens is 582 g/mol. The normalized spacial score (nSPS) is 15.8. The van der Waals surface area contributed by atoms with Gasteiger partial charge in [-0.25, -0.2) is 0 Å².